The van der Waals surface area contributed by atoms with E-state index in [0.717, 1.165) is 36.2 Å². The van der Waals surface area contributed by atoms with Crippen LogP contribution in [0.25, 0.3) is 0 Å². The second-order valence-electron chi connectivity index (χ2n) is 4.40. The lowest BCUT2D eigenvalue weighted by Gasteiger charge is -2.16. The molecule has 1 unspecified atom stereocenters. The van der Waals surface area contributed by atoms with Gasteiger partial charge in [-0.3, -0.25) is 0 Å². The topological polar surface area (TPSA) is 21.3 Å². The smallest absolute Gasteiger partial charge is 0.133 e. The summed E-state index contributed by atoms with van der Waals surface area (Å²) in [6, 6.07) is 5.60. The van der Waals surface area contributed by atoms with E-state index >= 15 is 0 Å². The van der Waals surface area contributed by atoms with Gasteiger partial charge in [0, 0.05) is 5.02 Å². The summed E-state index contributed by atoms with van der Waals surface area (Å²) < 4.78 is 6.78. The Balaban J connectivity index is 2.28. The SMILES string of the molecule is CCCNCCCC(C)Oc1ccc(Cl)cc1Br. The highest BCUT2D eigenvalue weighted by atomic mass is 79.9. The van der Waals surface area contributed by atoms with E-state index < -0.39 is 0 Å². The Morgan fingerprint density at radius 3 is 2.83 bits per heavy atom. The van der Waals surface area contributed by atoms with E-state index in [1.807, 2.05) is 18.2 Å². The van der Waals surface area contributed by atoms with Crippen molar-refractivity contribution in [3.05, 3.63) is 27.7 Å². The van der Waals surface area contributed by atoms with Gasteiger partial charge >= 0.3 is 0 Å². The fraction of sp³-hybridized carbons (Fsp3) is 0.571. The minimum absolute atomic E-state index is 0.214. The van der Waals surface area contributed by atoms with Gasteiger partial charge in [0.25, 0.3) is 0 Å². The minimum atomic E-state index is 0.214. The Morgan fingerprint density at radius 1 is 1.39 bits per heavy atom. The lowest BCUT2D eigenvalue weighted by Crippen LogP contribution is -2.19. The average molecular weight is 335 g/mol. The van der Waals surface area contributed by atoms with Crippen LogP contribution in [0.5, 0.6) is 5.75 Å². The van der Waals surface area contributed by atoms with Crippen LogP contribution in [-0.2, 0) is 0 Å². The number of nitrogens with one attached hydrogen (secondary N) is 1. The van der Waals surface area contributed by atoms with Crippen LogP contribution in [0.15, 0.2) is 22.7 Å². The first-order valence-electron chi connectivity index (χ1n) is 6.46. The highest BCUT2D eigenvalue weighted by Crippen LogP contribution is 2.29. The molecule has 0 fully saturated rings. The van der Waals surface area contributed by atoms with Gasteiger partial charge in [0.15, 0.2) is 0 Å². The maximum Gasteiger partial charge on any atom is 0.133 e. The van der Waals surface area contributed by atoms with Crippen molar-refractivity contribution in [3.8, 4) is 5.75 Å². The monoisotopic (exact) mass is 333 g/mol. The molecule has 2 nitrogen and oxygen atoms in total. The zero-order chi connectivity index (χ0) is 13.4. The van der Waals surface area contributed by atoms with Crippen molar-refractivity contribution in [1.29, 1.82) is 0 Å². The van der Waals surface area contributed by atoms with Crippen molar-refractivity contribution in [1.82, 2.24) is 5.32 Å². The molecule has 0 aliphatic heterocycles. The predicted molar refractivity (Wildman–Crippen MR) is 81.6 cm³/mol. The van der Waals surface area contributed by atoms with Gasteiger partial charge in [0.2, 0.25) is 0 Å². The zero-order valence-electron chi connectivity index (χ0n) is 11.0. The molecule has 0 aliphatic rings. The summed E-state index contributed by atoms with van der Waals surface area (Å²) in [5, 5.41) is 4.10. The van der Waals surface area contributed by atoms with Gasteiger partial charge in [-0.25, -0.2) is 0 Å². The highest BCUT2D eigenvalue weighted by Gasteiger charge is 2.07. The van der Waals surface area contributed by atoms with E-state index in [1.165, 1.54) is 6.42 Å². The van der Waals surface area contributed by atoms with Gasteiger partial charge in [-0.2, -0.15) is 0 Å². The molecule has 102 valence electrons. The number of halogens is 2. The van der Waals surface area contributed by atoms with Crippen molar-refractivity contribution in [2.24, 2.45) is 0 Å². The van der Waals surface area contributed by atoms with Crippen molar-refractivity contribution in [2.75, 3.05) is 13.1 Å². The molecule has 1 aromatic carbocycles. The highest BCUT2D eigenvalue weighted by molar-refractivity contribution is 9.10. The lowest BCUT2D eigenvalue weighted by atomic mass is 10.2. The van der Waals surface area contributed by atoms with Gasteiger partial charge in [0.05, 0.1) is 10.6 Å². The van der Waals surface area contributed by atoms with Crippen LogP contribution < -0.4 is 10.1 Å². The normalized spacial score (nSPS) is 12.4. The number of hydrogen-bond donors (Lipinski definition) is 1. The zero-order valence-corrected chi connectivity index (χ0v) is 13.4. The third-order valence-electron chi connectivity index (χ3n) is 2.61. The summed E-state index contributed by atoms with van der Waals surface area (Å²) >= 11 is 9.35. The molecule has 0 aromatic heterocycles. The molecule has 0 amide bonds. The first-order valence-corrected chi connectivity index (χ1v) is 7.63. The summed E-state index contributed by atoms with van der Waals surface area (Å²) in [5.74, 6) is 0.855. The van der Waals surface area contributed by atoms with E-state index in [2.05, 4.69) is 35.1 Å². The van der Waals surface area contributed by atoms with Crippen LogP contribution in [0.4, 0.5) is 0 Å². The maximum atomic E-state index is 5.89. The molecular formula is C14H21BrClNO. The van der Waals surface area contributed by atoms with Crippen LogP contribution in [0.1, 0.15) is 33.1 Å². The minimum Gasteiger partial charge on any atom is -0.490 e. The molecule has 1 N–H and O–H groups in total. The first-order chi connectivity index (χ1) is 8.63. The molecule has 18 heavy (non-hydrogen) atoms. The molecule has 0 heterocycles. The molecular weight excluding hydrogens is 314 g/mol. The van der Waals surface area contributed by atoms with Crippen molar-refractivity contribution < 1.29 is 4.74 Å². The molecule has 0 aliphatic carbocycles. The van der Waals surface area contributed by atoms with Crippen molar-refractivity contribution in [2.45, 2.75) is 39.2 Å². The molecule has 1 rings (SSSR count). The van der Waals surface area contributed by atoms with E-state index in [0.29, 0.717) is 5.02 Å². The van der Waals surface area contributed by atoms with Crippen LogP contribution in [0.3, 0.4) is 0 Å². The standard InChI is InChI=1S/C14H21BrClNO/c1-3-8-17-9-4-5-11(2)18-14-7-6-12(16)10-13(14)15/h6-7,10-11,17H,3-5,8-9H2,1-2H3. The van der Waals surface area contributed by atoms with E-state index in [-0.39, 0.29) is 6.10 Å². The molecule has 1 atom stereocenters. The summed E-state index contributed by atoms with van der Waals surface area (Å²) in [6.45, 7) is 6.43. The van der Waals surface area contributed by atoms with Crippen molar-refractivity contribution in [3.63, 3.8) is 0 Å². The fourth-order valence-corrected chi connectivity index (χ4v) is 2.44. The van der Waals surface area contributed by atoms with E-state index in [9.17, 15) is 0 Å². The molecule has 0 radical (unpaired) electrons. The number of ether oxygens (including phenoxy) is 1. The third kappa shape index (κ3) is 6.07. The summed E-state index contributed by atoms with van der Waals surface area (Å²) in [4.78, 5) is 0. The van der Waals surface area contributed by atoms with Gasteiger partial charge in [-0.15, -0.1) is 0 Å². The first kappa shape index (κ1) is 15.8. The summed E-state index contributed by atoms with van der Waals surface area (Å²) in [7, 11) is 0. The Kier molecular flexibility index (Phi) is 7.71. The second kappa shape index (κ2) is 8.78. The largest absolute Gasteiger partial charge is 0.490 e. The van der Waals surface area contributed by atoms with Crippen LogP contribution in [0, 0.1) is 0 Å². The number of rotatable bonds is 8. The lowest BCUT2D eigenvalue weighted by molar-refractivity contribution is 0.206. The molecule has 0 spiro atoms. The average Bonchev–Trinajstić information content (AvgIpc) is 2.32. The Hall–Kier alpha value is -0.250. The molecule has 1 aromatic rings. The number of benzene rings is 1. The third-order valence-corrected chi connectivity index (χ3v) is 3.47. The van der Waals surface area contributed by atoms with E-state index in [1.54, 1.807) is 0 Å². The predicted octanol–water partition coefficient (Wildman–Crippen LogP) is 4.65. The fourth-order valence-electron chi connectivity index (χ4n) is 1.66. The van der Waals surface area contributed by atoms with Gasteiger partial charge in [0.1, 0.15) is 5.75 Å². The van der Waals surface area contributed by atoms with Crippen molar-refractivity contribution >= 4 is 27.5 Å². The van der Waals surface area contributed by atoms with E-state index in [4.69, 9.17) is 16.3 Å². The quantitative estimate of drug-likeness (QED) is 0.699. The Bertz CT molecular complexity index is 360. The van der Waals surface area contributed by atoms with Crippen LogP contribution in [0.2, 0.25) is 5.02 Å². The molecule has 0 bridgehead atoms. The van der Waals surface area contributed by atoms with Gasteiger partial charge < -0.3 is 10.1 Å². The second-order valence-corrected chi connectivity index (χ2v) is 5.69. The molecule has 0 saturated carbocycles. The van der Waals surface area contributed by atoms with Gasteiger partial charge in [-0.05, 0) is 73.4 Å². The molecule has 4 heteroatoms. The van der Waals surface area contributed by atoms with Crippen LogP contribution in [-0.4, -0.2) is 19.2 Å². The number of hydrogen-bond acceptors (Lipinski definition) is 2. The molecule has 0 saturated heterocycles. The van der Waals surface area contributed by atoms with Crippen LogP contribution >= 0.6 is 27.5 Å². The summed E-state index contributed by atoms with van der Waals surface area (Å²) in [5.41, 5.74) is 0. The van der Waals surface area contributed by atoms with Gasteiger partial charge in [-0.1, -0.05) is 18.5 Å². The Morgan fingerprint density at radius 2 is 2.17 bits per heavy atom. The summed E-state index contributed by atoms with van der Waals surface area (Å²) in [6.07, 6.45) is 3.58. The maximum absolute atomic E-state index is 5.89. The Labute approximate surface area is 123 Å².